The van der Waals surface area contributed by atoms with Crippen LogP contribution in [-0.2, 0) is 0 Å². The summed E-state index contributed by atoms with van der Waals surface area (Å²) in [5, 5.41) is 13.0. The van der Waals surface area contributed by atoms with Crippen molar-refractivity contribution in [1.82, 2.24) is 5.32 Å². The number of anilines is 2. The first-order chi connectivity index (χ1) is 9.89. The number of nitrogens with one attached hydrogen (secondary N) is 1. The molecule has 1 fully saturated rings. The minimum atomic E-state index is -0.195. The van der Waals surface area contributed by atoms with Crippen molar-refractivity contribution in [2.24, 2.45) is 5.41 Å². The largest absolute Gasteiger partial charge is 0.396 e. The van der Waals surface area contributed by atoms with Gasteiger partial charge in [0, 0.05) is 19.6 Å². The van der Waals surface area contributed by atoms with Gasteiger partial charge in [0.1, 0.15) is 21.5 Å². The molecule has 21 heavy (non-hydrogen) atoms. The van der Waals surface area contributed by atoms with Crippen molar-refractivity contribution in [2.45, 2.75) is 33.6 Å². The molecule has 0 spiro atoms. The molecule has 5 nitrogen and oxygen atoms in total. The van der Waals surface area contributed by atoms with E-state index in [0.717, 1.165) is 24.5 Å². The van der Waals surface area contributed by atoms with Gasteiger partial charge in [0.2, 0.25) is 0 Å². The Hall–Kier alpha value is -1.74. The summed E-state index contributed by atoms with van der Waals surface area (Å²) < 4.78 is 0. The van der Waals surface area contributed by atoms with E-state index in [0.29, 0.717) is 22.7 Å². The second-order valence-corrected chi connectivity index (χ2v) is 7.18. The van der Waals surface area contributed by atoms with Gasteiger partial charge in [0.05, 0.1) is 5.69 Å². The van der Waals surface area contributed by atoms with Crippen LogP contribution in [-0.4, -0.2) is 25.5 Å². The van der Waals surface area contributed by atoms with Gasteiger partial charge in [-0.2, -0.15) is 5.26 Å². The van der Waals surface area contributed by atoms with Gasteiger partial charge in [-0.3, -0.25) is 4.79 Å². The molecule has 0 unspecified atom stereocenters. The summed E-state index contributed by atoms with van der Waals surface area (Å²) in [5.41, 5.74) is 6.99. The van der Waals surface area contributed by atoms with Crippen LogP contribution in [0.3, 0.4) is 0 Å². The number of hydrogen-bond acceptors (Lipinski definition) is 5. The summed E-state index contributed by atoms with van der Waals surface area (Å²) in [5.74, 6) is -0.195. The van der Waals surface area contributed by atoms with Gasteiger partial charge in [-0.05, 0) is 25.2 Å². The van der Waals surface area contributed by atoms with E-state index in [-0.39, 0.29) is 11.3 Å². The SMILES string of the molecule is CCNC(=O)c1sc(N2CCCC(C)(C)C2)c(C#N)c1N. The third-order valence-electron chi connectivity index (χ3n) is 3.77. The number of carbonyl (C=O) groups excluding carboxylic acids is 1. The lowest BCUT2D eigenvalue weighted by atomic mass is 9.84. The van der Waals surface area contributed by atoms with Crippen molar-refractivity contribution in [3.05, 3.63) is 10.4 Å². The van der Waals surface area contributed by atoms with Gasteiger partial charge in [0.25, 0.3) is 5.91 Å². The van der Waals surface area contributed by atoms with Crippen molar-refractivity contribution < 1.29 is 4.79 Å². The summed E-state index contributed by atoms with van der Waals surface area (Å²) >= 11 is 1.33. The highest BCUT2D eigenvalue weighted by Crippen LogP contribution is 2.41. The molecule has 2 heterocycles. The lowest BCUT2D eigenvalue weighted by molar-refractivity contribution is 0.0960. The summed E-state index contributed by atoms with van der Waals surface area (Å²) in [4.78, 5) is 14.7. The lowest BCUT2D eigenvalue weighted by Gasteiger charge is -2.38. The number of hydrogen-bond donors (Lipinski definition) is 2. The van der Waals surface area contributed by atoms with Crippen LogP contribution >= 0.6 is 11.3 Å². The maximum absolute atomic E-state index is 12.0. The van der Waals surface area contributed by atoms with Crippen LogP contribution in [0.4, 0.5) is 10.7 Å². The Labute approximate surface area is 129 Å². The van der Waals surface area contributed by atoms with Crippen LogP contribution in [0, 0.1) is 16.7 Å². The fourth-order valence-corrected chi connectivity index (χ4v) is 3.88. The number of rotatable bonds is 3. The third-order valence-corrected chi connectivity index (χ3v) is 5.03. The number of amides is 1. The molecule has 1 aromatic heterocycles. The molecule has 6 heteroatoms. The van der Waals surface area contributed by atoms with Crippen LogP contribution in [0.25, 0.3) is 0 Å². The molecule has 3 N–H and O–H groups in total. The quantitative estimate of drug-likeness (QED) is 0.899. The molecule has 0 aromatic carbocycles. The third kappa shape index (κ3) is 3.13. The molecule has 1 saturated heterocycles. The van der Waals surface area contributed by atoms with Crippen LogP contribution in [0.5, 0.6) is 0 Å². The Kier molecular flexibility index (Phi) is 4.43. The fraction of sp³-hybridized carbons (Fsp3) is 0.600. The van der Waals surface area contributed by atoms with Crippen LogP contribution in [0.1, 0.15) is 48.8 Å². The van der Waals surface area contributed by atoms with Gasteiger partial charge in [-0.25, -0.2) is 0 Å². The van der Waals surface area contributed by atoms with E-state index in [1.54, 1.807) is 0 Å². The monoisotopic (exact) mass is 306 g/mol. The molecular weight excluding hydrogens is 284 g/mol. The number of thiophene rings is 1. The Morgan fingerprint density at radius 1 is 1.57 bits per heavy atom. The first-order valence-electron chi connectivity index (χ1n) is 7.25. The Bertz CT molecular complexity index is 585. The molecule has 1 aliphatic heterocycles. The summed E-state index contributed by atoms with van der Waals surface area (Å²) in [6, 6.07) is 2.17. The van der Waals surface area contributed by atoms with E-state index in [1.807, 2.05) is 6.92 Å². The molecule has 114 valence electrons. The smallest absolute Gasteiger partial charge is 0.263 e. The first kappa shape index (κ1) is 15.6. The number of nitrogen functional groups attached to an aromatic ring is 1. The van der Waals surface area contributed by atoms with Gasteiger partial charge in [0.15, 0.2) is 0 Å². The highest BCUT2D eigenvalue weighted by atomic mass is 32.1. The molecule has 0 radical (unpaired) electrons. The number of carbonyl (C=O) groups is 1. The highest BCUT2D eigenvalue weighted by Gasteiger charge is 2.31. The number of piperidine rings is 1. The molecular formula is C15H22N4OS. The lowest BCUT2D eigenvalue weighted by Crippen LogP contribution is -2.40. The number of nitriles is 1. The maximum atomic E-state index is 12.0. The van der Waals surface area contributed by atoms with Crippen molar-refractivity contribution in [3.63, 3.8) is 0 Å². The van der Waals surface area contributed by atoms with Crippen molar-refractivity contribution in [2.75, 3.05) is 30.3 Å². The first-order valence-corrected chi connectivity index (χ1v) is 8.06. The van der Waals surface area contributed by atoms with E-state index in [1.165, 1.54) is 17.8 Å². The average Bonchev–Trinajstić information content (AvgIpc) is 2.75. The zero-order chi connectivity index (χ0) is 15.6. The predicted molar refractivity (Wildman–Crippen MR) is 86.7 cm³/mol. The van der Waals surface area contributed by atoms with Crippen molar-refractivity contribution in [3.8, 4) is 6.07 Å². The zero-order valence-corrected chi connectivity index (χ0v) is 13.6. The Balaban J connectivity index is 2.38. The van der Waals surface area contributed by atoms with Crippen LogP contribution in [0.2, 0.25) is 0 Å². The van der Waals surface area contributed by atoms with Crippen LogP contribution in [0.15, 0.2) is 0 Å². The standard InChI is InChI=1S/C15H22N4OS/c1-4-18-13(20)12-11(17)10(8-16)14(21-12)19-7-5-6-15(2,3)9-19/h4-7,9,17H2,1-3H3,(H,18,20). The van der Waals surface area contributed by atoms with Crippen molar-refractivity contribution >= 4 is 27.9 Å². The average molecular weight is 306 g/mol. The molecule has 0 bridgehead atoms. The van der Waals surface area contributed by atoms with E-state index < -0.39 is 0 Å². The summed E-state index contributed by atoms with van der Waals surface area (Å²) in [7, 11) is 0. The zero-order valence-electron chi connectivity index (χ0n) is 12.8. The normalized spacial score (nSPS) is 17.3. The number of nitrogens with zero attached hydrogens (tertiary/aromatic N) is 2. The minimum Gasteiger partial charge on any atom is -0.396 e. The molecule has 0 atom stereocenters. The molecule has 1 aromatic rings. The van der Waals surface area contributed by atoms with Gasteiger partial charge in [-0.15, -0.1) is 11.3 Å². The topological polar surface area (TPSA) is 82.2 Å². The maximum Gasteiger partial charge on any atom is 0.263 e. The highest BCUT2D eigenvalue weighted by molar-refractivity contribution is 7.19. The molecule has 0 aliphatic carbocycles. The summed E-state index contributed by atoms with van der Waals surface area (Å²) in [6.45, 7) is 8.66. The van der Waals surface area contributed by atoms with Crippen LogP contribution < -0.4 is 16.0 Å². The van der Waals surface area contributed by atoms with E-state index in [9.17, 15) is 10.1 Å². The van der Waals surface area contributed by atoms with Gasteiger partial charge >= 0.3 is 0 Å². The Morgan fingerprint density at radius 2 is 2.29 bits per heavy atom. The molecule has 1 aliphatic rings. The second-order valence-electron chi connectivity index (χ2n) is 6.19. The minimum absolute atomic E-state index is 0.195. The Morgan fingerprint density at radius 3 is 2.86 bits per heavy atom. The van der Waals surface area contributed by atoms with Crippen molar-refractivity contribution in [1.29, 1.82) is 5.26 Å². The van der Waals surface area contributed by atoms with E-state index >= 15 is 0 Å². The van der Waals surface area contributed by atoms with Gasteiger partial charge < -0.3 is 16.0 Å². The number of nitrogens with two attached hydrogens (primary N) is 1. The fourth-order valence-electron chi connectivity index (χ4n) is 2.77. The van der Waals surface area contributed by atoms with E-state index in [4.69, 9.17) is 5.73 Å². The predicted octanol–water partition coefficient (Wildman–Crippen LogP) is 2.58. The summed E-state index contributed by atoms with van der Waals surface area (Å²) in [6.07, 6.45) is 2.27. The molecule has 2 rings (SSSR count). The second kappa shape index (κ2) is 5.94. The van der Waals surface area contributed by atoms with E-state index in [2.05, 4.69) is 30.1 Å². The molecule has 1 amide bonds. The van der Waals surface area contributed by atoms with Gasteiger partial charge in [-0.1, -0.05) is 13.8 Å². The molecule has 0 saturated carbocycles.